The minimum atomic E-state index is -0.00361. The molecule has 0 aliphatic carbocycles. The van der Waals surface area contributed by atoms with Crippen molar-refractivity contribution in [1.29, 1.82) is 0 Å². The van der Waals surface area contributed by atoms with Crippen molar-refractivity contribution in [2.24, 2.45) is 0 Å². The Balaban J connectivity index is 1.43. The Hall–Kier alpha value is -3.19. The van der Waals surface area contributed by atoms with Gasteiger partial charge in [-0.25, -0.2) is 0 Å². The van der Waals surface area contributed by atoms with E-state index >= 15 is 0 Å². The van der Waals surface area contributed by atoms with Gasteiger partial charge in [-0.3, -0.25) is 4.79 Å². The maximum absolute atomic E-state index is 12.2. The second-order valence-corrected chi connectivity index (χ2v) is 6.78. The molecule has 2 aromatic carbocycles. The van der Waals surface area contributed by atoms with Gasteiger partial charge in [0.25, 0.3) is 0 Å². The molecule has 7 nitrogen and oxygen atoms in total. The monoisotopic (exact) mass is 409 g/mol. The maximum Gasteiger partial charge on any atom is 0.226 e. The standard InChI is InChI=1S/C23H27N3O4/c1-3-29-16-19-8-5-4-7-18(19)15-24-21(27)9-6-10-22-25-23(26-30-22)17-11-13-20(28-2)14-12-17/h4-5,7-8,11-14H,3,6,9-10,15-16H2,1-2H3,(H,24,27). The van der Waals surface area contributed by atoms with E-state index in [2.05, 4.69) is 15.5 Å². The lowest BCUT2D eigenvalue weighted by Gasteiger charge is -2.10. The average Bonchev–Trinajstić information content (AvgIpc) is 3.25. The number of aryl methyl sites for hydroxylation is 1. The van der Waals surface area contributed by atoms with Crippen molar-refractivity contribution in [3.05, 3.63) is 65.5 Å². The molecule has 0 fully saturated rings. The van der Waals surface area contributed by atoms with Gasteiger partial charge in [-0.15, -0.1) is 0 Å². The van der Waals surface area contributed by atoms with Crippen molar-refractivity contribution in [3.63, 3.8) is 0 Å². The topological polar surface area (TPSA) is 86.5 Å². The summed E-state index contributed by atoms with van der Waals surface area (Å²) in [6, 6.07) is 15.4. The number of aromatic nitrogens is 2. The molecular weight excluding hydrogens is 382 g/mol. The summed E-state index contributed by atoms with van der Waals surface area (Å²) in [4.78, 5) is 16.6. The predicted molar refractivity (Wildman–Crippen MR) is 113 cm³/mol. The van der Waals surface area contributed by atoms with Crippen LogP contribution in [0.4, 0.5) is 0 Å². The molecule has 0 bridgehead atoms. The van der Waals surface area contributed by atoms with Crippen LogP contribution >= 0.6 is 0 Å². The Morgan fingerprint density at radius 2 is 1.87 bits per heavy atom. The third kappa shape index (κ3) is 6.15. The number of ether oxygens (including phenoxy) is 2. The number of methoxy groups -OCH3 is 1. The molecule has 0 atom stereocenters. The summed E-state index contributed by atoms with van der Waals surface area (Å²) in [7, 11) is 1.62. The number of nitrogens with zero attached hydrogens (tertiary/aromatic N) is 2. The molecule has 30 heavy (non-hydrogen) atoms. The quantitative estimate of drug-likeness (QED) is 0.517. The SMILES string of the molecule is CCOCc1ccccc1CNC(=O)CCCc1nc(-c2ccc(OC)cc2)no1. The molecule has 0 saturated carbocycles. The van der Waals surface area contributed by atoms with Gasteiger partial charge in [0.15, 0.2) is 0 Å². The van der Waals surface area contributed by atoms with E-state index in [1.165, 1.54) is 0 Å². The third-order valence-electron chi connectivity index (χ3n) is 4.67. The molecule has 3 aromatic rings. The van der Waals surface area contributed by atoms with Crippen LogP contribution in [0, 0.1) is 0 Å². The number of benzene rings is 2. The van der Waals surface area contributed by atoms with E-state index in [0.29, 0.717) is 50.7 Å². The molecule has 0 saturated heterocycles. The van der Waals surface area contributed by atoms with Gasteiger partial charge in [0.05, 0.1) is 13.7 Å². The average molecular weight is 409 g/mol. The van der Waals surface area contributed by atoms with Crippen LogP contribution in [0.5, 0.6) is 5.75 Å². The number of rotatable bonds is 11. The highest BCUT2D eigenvalue weighted by molar-refractivity contribution is 5.75. The second kappa shape index (κ2) is 11.1. The molecule has 1 heterocycles. The zero-order valence-electron chi connectivity index (χ0n) is 17.4. The minimum absolute atomic E-state index is 0.00361. The van der Waals surface area contributed by atoms with Crippen LogP contribution in [-0.2, 0) is 29.1 Å². The van der Waals surface area contributed by atoms with E-state index in [4.69, 9.17) is 14.0 Å². The fourth-order valence-corrected chi connectivity index (χ4v) is 2.98. The molecule has 3 rings (SSSR count). The van der Waals surface area contributed by atoms with Crippen LogP contribution in [0.1, 0.15) is 36.8 Å². The fourth-order valence-electron chi connectivity index (χ4n) is 2.98. The Labute approximate surface area is 176 Å². The molecule has 7 heteroatoms. The maximum atomic E-state index is 12.2. The first-order chi connectivity index (χ1) is 14.7. The minimum Gasteiger partial charge on any atom is -0.497 e. The van der Waals surface area contributed by atoms with E-state index < -0.39 is 0 Å². The first-order valence-corrected chi connectivity index (χ1v) is 10.1. The van der Waals surface area contributed by atoms with Crippen LogP contribution in [0.25, 0.3) is 11.4 Å². The van der Waals surface area contributed by atoms with Gasteiger partial charge in [-0.2, -0.15) is 4.98 Å². The lowest BCUT2D eigenvalue weighted by atomic mass is 10.1. The normalized spacial score (nSPS) is 10.7. The lowest BCUT2D eigenvalue weighted by Crippen LogP contribution is -2.23. The number of amides is 1. The highest BCUT2D eigenvalue weighted by atomic mass is 16.5. The van der Waals surface area contributed by atoms with Gasteiger partial charge in [-0.1, -0.05) is 29.4 Å². The largest absolute Gasteiger partial charge is 0.497 e. The van der Waals surface area contributed by atoms with E-state index in [9.17, 15) is 4.79 Å². The van der Waals surface area contributed by atoms with Crippen molar-refractivity contribution < 1.29 is 18.8 Å². The molecule has 0 unspecified atom stereocenters. The number of hydrogen-bond acceptors (Lipinski definition) is 6. The van der Waals surface area contributed by atoms with Crippen molar-refractivity contribution in [1.82, 2.24) is 15.5 Å². The van der Waals surface area contributed by atoms with Crippen molar-refractivity contribution in [2.75, 3.05) is 13.7 Å². The summed E-state index contributed by atoms with van der Waals surface area (Å²) in [5.74, 6) is 1.82. The first-order valence-electron chi connectivity index (χ1n) is 10.1. The van der Waals surface area contributed by atoms with Crippen LogP contribution < -0.4 is 10.1 Å². The molecule has 158 valence electrons. The molecule has 0 aliphatic rings. The molecule has 0 aliphatic heterocycles. The highest BCUT2D eigenvalue weighted by Crippen LogP contribution is 2.20. The summed E-state index contributed by atoms with van der Waals surface area (Å²) in [5.41, 5.74) is 3.02. The van der Waals surface area contributed by atoms with E-state index in [0.717, 1.165) is 22.4 Å². The van der Waals surface area contributed by atoms with Gasteiger partial charge < -0.3 is 19.3 Å². The molecule has 1 amide bonds. The lowest BCUT2D eigenvalue weighted by molar-refractivity contribution is -0.121. The molecule has 0 spiro atoms. The Morgan fingerprint density at radius 1 is 1.10 bits per heavy atom. The predicted octanol–water partition coefficient (Wildman–Crippen LogP) is 3.92. The molecule has 1 aromatic heterocycles. The number of nitrogens with one attached hydrogen (secondary N) is 1. The van der Waals surface area contributed by atoms with Gasteiger partial charge >= 0.3 is 0 Å². The Bertz CT molecular complexity index is 938. The Morgan fingerprint density at radius 3 is 2.60 bits per heavy atom. The van der Waals surface area contributed by atoms with Gasteiger partial charge in [0.2, 0.25) is 17.6 Å². The van der Waals surface area contributed by atoms with Gasteiger partial charge in [-0.05, 0) is 48.7 Å². The smallest absolute Gasteiger partial charge is 0.226 e. The third-order valence-corrected chi connectivity index (χ3v) is 4.67. The van der Waals surface area contributed by atoms with E-state index in [-0.39, 0.29) is 5.91 Å². The summed E-state index contributed by atoms with van der Waals surface area (Å²) in [6.07, 6.45) is 1.59. The van der Waals surface area contributed by atoms with Crippen molar-refractivity contribution in [3.8, 4) is 17.1 Å². The van der Waals surface area contributed by atoms with E-state index in [1.807, 2.05) is 55.5 Å². The van der Waals surface area contributed by atoms with Gasteiger partial charge in [0.1, 0.15) is 5.75 Å². The zero-order valence-corrected chi connectivity index (χ0v) is 17.4. The van der Waals surface area contributed by atoms with Crippen LogP contribution in [-0.4, -0.2) is 29.8 Å². The summed E-state index contributed by atoms with van der Waals surface area (Å²) in [5, 5.41) is 6.98. The number of carbonyl (C=O) groups is 1. The summed E-state index contributed by atoms with van der Waals surface area (Å²) >= 11 is 0. The zero-order chi connectivity index (χ0) is 21.2. The summed E-state index contributed by atoms with van der Waals surface area (Å²) < 4.78 is 15.9. The van der Waals surface area contributed by atoms with Crippen LogP contribution in [0.3, 0.4) is 0 Å². The first kappa shape index (κ1) is 21.5. The molecule has 1 N–H and O–H groups in total. The number of hydrogen-bond donors (Lipinski definition) is 1. The van der Waals surface area contributed by atoms with Crippen LogP contribution in [0.2, 0.25) is 0 Å². The van der Waals surface area contributed by atoms with Crippen LogP contribution in [0.15, 0.2) is 53.1 Å². The van der Waals surface area contributed by atoms with Crippen molar-refractivity contribution in [2.45, 2.75) is 39.3 Å². The molecule has 0 radical (unpaired) electrons. The van der Waals surface area contributed by atoms with E-state index in [1.54, 1.807) is 7.11 Å². The molecular formula is C23H27N3O4. The highest BCUT2D eigenvalue weighted by Gasteiger charge is 2.10. The summed E-state index contributed by atoms with van der Waals surface area (Å²) in [6.45, 7) is 3.67. The Kier molecular flexibility index (Phi) is 7.97. The second-order valence-electron chi connectivity index (χ2n) is 6.78. The van der Waals surface area contributed by atoms with Crippen molar-refractivity contribution >= 4 is 5.91 Å². The van der Waals surface area contributed by atoms with Gasteiger partial charge in [0, 0.05) is 31.6 Å². The fraction of sp³-hybridized carbons (Fsp3) is 0.348. The number of carbonyl (C=O) groups excluding carboxylic acids is 1.